The molecule has 0 atom stereocenters. The minimum atomic E-state index is -1.74. The molecule has 0 aromatic heterocycles. The molecule has 1 saturated carbocycles. The molecule has 0 radical (unpaired) electrons. The summed E-state index contributed by atoms with van der Waals surface area (Å²) in [5, 5.41) is 0.219. The maximum atomic E-state index is 11.4. The standard InChI is InChI=1S/C15H28O3Si/c1-8-17-13(16)9-12-10-15(5,11-12)18-19(6,7)14(2,3)4/h9H,8,10-11H2,1-7H3. The molecule has 3 nitrogen and oxygen atoms in total. The Labute approximate surface area is 118 Å². The van der Waals surface area contributed by atoms with Crippen molar-refractivity contribution >= 4 is 14.3 Å². The summed E-state index contributed by atoms with van der Waals surface area (Å²) in [6.45, 7) is 15.7. The molecule has 0 saturated heterocycles. The van der Waals surface area contributed by atoms with Gasteiger partial charge in [0.05, 0.1) is 12.2 Å². The highest BCUT2D eigenvalue weighted by atomic mass is 28.4. The van der Waals surface area contributed by atoms with E-state index in [0.29, 0.717) is 6.61 Å². The Bertz CT molecular complexity index is 369. The summed E-state index contributed by atoms with van der Waals surface area (Å²) < 4.78 is 11.4. The van der Waals surface area contributed by atoms with Crippen molar-refractivity contribution in [3.63, 3.8) is 0 Å². The monoisotopic (exact) mass is 284 g/mol. The number of ether oxygens (including phenoxy) is 1. The van der Waals surface area contributed by atoms with Gasteiger partial charge in [0.2, 0.25) is 0 Å². The quantitative estimate of drug-likeness (QED) is 0.444. The van der Waals surface area contributed by atoms with Crippen molar-refractivity contribution < 1.29 is 14.0 Å². The molecular weight excluding hydrogens is 256 g/mol. The first kappa shape index (κ1) is 16.4. The highest BCUT2D eigenvalue weighted by molar-refractivity contribution is 6.74. The molecule has 0 spiro atoms. The summed E-state index contributed by atoms with van der Waals surface area (Å²) in [6.07, 6.45) is 3.32. The van der Waals surface area contributed by atoms with Gasteiger partial charge in [0.15, 0.2) is 8.32 Å². The third-order valence-electron chi connectivity index (χ3n) is 4.12. The lowest BCUT2D eigenvalue weighted by molar-refractivity contribution is -0.137. The van der Waals surface area contributed by atoms with E-state index in [1.807, 2.05) is 6.92 Å². The molecule has 0 N–H and O–H groups in total. The molecule has 0 bridgehead atoms. The second-order valence-corrected chi connectivity index (χ2v) is 11.9. The maximum absolute atomic E-state index is 11.4. The number of hydrogen-bond donors (Lipinski definition) is 0. The van der Waals surface area contributed by atoms with E-state index < -0.39 is 8.32 Å². The van der Waals surface area contributed by atoms with Crippen molar-refractivity contribution in [1.82, 2.24) is 0 Å². The van der Waals surface area contributed by atoms with Gasteiger partial charge < -0.3 is 9.16 Å². The van der Waals surface area contributed by atoms with E-state index in [0.717, 1.165) is 18.4 Å². The van der Waals surface area contributed by atoms with Crippen LogP contribution in [0, 0.1) is 0 Å². The molecule has 110 valence electrons. The number of esters is 1. The zero-order valence-electron chi connectivity index (χ0n) is 13.4. The predicted molar refractivity (Wildman–Crippen MR) is 80.6 cm³/mol. The largest absolute Gasteiger partial charge is 0.463 e. The fourth-order valence-electron chi connectivity index (χ4n) is 2.20. The van der Waals surface area contributed by atoms with Crippen LogP contribution in [0.15, 0.2) is 11.6 Å². The van der Waals surface area contributed by atoms with Crippen molar-refractivity contribution in [3.8, 4) is 0 Å². The van der Waals surface area contributed by atoms with Gasteiger partial charge in [-0.05, 0) is 44.8 Å². The molecule has 0 unspecified atom stereocenters. The highest BCUT2D eigenvalue weighted by Gasteiger charge is 2.46. The molecule has 1 rings (SSSR count). The van der Waals surface area contributed by atoms with Crippen LogP contribution in [0.5, 0.6) is 0 Å². The van der Waals surface area contributed by atoms with Crippen molar-refractivity contribution in [2.45, 2.75) is 71.2 Å². The zero-order valence-corrected chi connectivity index (χ0v) is 14.4. The summed E-state index contributed by atoms with van der Waals surface area (Å²) in [5.41, 5.74) is 1.04. The van der Waals surface area contributed by atoms with Gasteiger partial charge in [-0.25, -0.2) is 4.79 Å². The van der Waals surface area contributed by atoms with Crippen LogP contribution >= 0.6 is 0 Å². The number of rotatable bonds is 4. The average molecular weight is 284 g/mol. The predicted octanol–water partition coefficient (Wildman–Crippen LogP) is 4.05. The molecule has 0 aromatic carbocycles. The number of carbonyl (C=O) groups excluding carboxylic acids is 1. The van der Waals surface area contributed by atoms with Gasteiger partial charge in [0, 0.05) is 6.08 Å². The molecule has 0 aromatic rings. The summed E-state index contributed by atoms with van der Waals surface area (Å²) in [6, 6.07) is 0. The highest BCUT2D eigenvalue weighted by Crippen LogP contribution is 2.47. The first-order chi connectivity index (χ1) is 8.49. The Morgan fingerprint density at radius 2 is 1.89 bits per heavy atom. The normalized spacial score (nSPS) is 23.8. The Balaban J connectivity index is 2.59. The summed E-state index contributed by atoms with van der Waals surface area (Å²) in [7, 11) is -1.74. The van der Waals surface area contributed by atoms with Crippen molar-refractivity contribution in [2.75, 3.05) is 6.61 Å². The molecule has 1 aliphatic rings. The average Bonchev–Trinajstić information content (AvgIpc) is 2.12. The minimum absolute atomic E-state index is 0.0959. The zero-order chi connectivity index (χ0) is 14.9. The second-order valence-electron chi connectivity index (χ2n) is 7.22. The van der Waals surface area contributed by atoms with Gasteiger partial charge in [-0.1, -0.05) is 26.3 Å². The van der Waals surface area contributed by atoms with Gasteiger partial charge in [-0.15, -0.1) is 0 Å². The van der Waals surface area contributed by atoms with E-state index in [2.05, 4.69) is 40.8 Å². The van der Waals surface area contributed by atoms with Crippen LogP contribution in [0.1, 0.15) is 47.5 Å². The minimum Gasteiger partial charge on any atom is -0.463 e. The molecule has 0 amide bonds. The number of carbonyl (C=O) groups is 1. The van der Waals surface area contributed by atoms with Crippen molar-refractivity contribution in [2.24, 2.45) is 0 Å². The van der Waals surface area contributed by atoms with E-state index in [9.17, 15) is 4.79 Å². The topological polar surface area (TPSA) is 35.5 Å². The van der Waals surface area contributed by atoms with Gasteiger partial charge in [0.1, 0.15) is 0 Å². The van der Waals surface area contributed by atoms with E-state index in [1.165, 1.54) is 0 Å². The number of hydrogen-bond acceptors (Lipinski definition) is 3. The smallest absolute Gasteiger partial charge is 0.330 e. The molecular formula is C15H28O3Si. The molecule has 19 heavy (non-hydrogen) atoms. The van der Waals surface area contributed by atoms with E-state index >= 15 is 0 Å². The summed E-state index contributed by atoms with van der Waals surface area (Å²) in [4.78, 5) is 11.4. The van der Waals surface area contributed by atoms with Crippen molar-refractivity contribution in [3.05, 3.63) is 11.6 Å². The second kappa shape index (κ2) is 5.41. The van der Waals surface area contributed by atoms with Crippen LogP contribution in [0.2, 0.25) is 18.1 Å². The molecule has 4 heteroatoms. The molecule has 0 heterocycles. The van der Waals surface area contributed by atoms with Gasteiger partial charge >= 0.3 is 5.97 Å². The summed E-state index contributed by atoms with van der Waals surface area (Å²) >= 11 is 0. The van der Waals surface area contributed by atoms with Crippen LogP contribution in [-0.2, 0) is 14.0 Å². The third kappa shape index (κ3) is 4.18. The first-order valence-corrected chi connectivity index (χ1v) is 9.96. The van der Waals surface area contributed by atoms with Crippen molar-refractivity contribution in [1.29, 1.82) is 0 Å². The lowest BCUT2D eigenvalue weighted by atomic mass is 9.77. The van der Waals surface area contributed by atoms with E-state index in [1.54, 1.807) is 6.08 Å². The van der Waals surface area contributed by atoms with Crippen LogP contribution in [-0.4, -0.2) is 26.5 Å². The maximum Gasteiger partial charge on any atom is 0.330 e. The lowest BCUT2D eigenvalue weighted by Crippen LogP contribution is -2.52. The van der Waals surface area contributed by atoms with E-state index in [4.69, 9.17) is 9.16 Å². The van der Waals surface area contributed by atoms with Crippen LogP contribution < -0.4 is 0 Å². The fraction of sp³-hybridized carbons (Fsp3) is 0.800. The Hall–Kier alpha value is -0.613. The molecule has 1 fully saturated rings. The van der Waals surface area contributed by atoms with Gasteiger partial charge in [-0.2, -0.15) is 0 Å². The Morgan fingerprint density at radius 1 is 1.37 bits per heavy atom. The lowest BCUT2D eigenvalue weighted by Gasteiger charge is -2.49. The molecule has 1 aliphatic carbocycles. The Kier molecular flexibility index (Phi) is 4.68. The van der Waals surface area contributed by atoms with Crippen LogP contribution in [0.4, 0.5) is 0 Å². The van der Waals surface area contributed by atoms with Gasteiger partial charge in [-0.3, -0.25) is 0 Å². The van der Waals surface area contributed by atoms with Gasteiger partial charge in [0.25, 0.3) is 0 Å². The molecule has 0 aliphatic heterocycles. The van der Waals surface area contributed by atoms with E-state index in [-0.39, 0.29) is 16.6 Å². The third-order valence-corrected chi connectivity index (χ3v) is 8.73. The van der Waals surface area contributed by atoms with Crippen LogP contribution in [0.3, 0.4) is 0 Å². The summed E-state index contributed by atoms with van der Waals surface area (Å²) in [5.74, 6) is -0.230. The SMILES string of the molecule is CCOC(=O)C=C1CC(C)(O[Si](C)(C)C(C)(C)C)C1. The first-order valence-electron chi connectivity index (χ1n) is 7.05. The Morgan fingerprint density at radius 3 is 2.32 bits per heavy atom. The fourth-order valence-corrected chi connectivity index (χ4v) is 3.89. The van der Waals surface area contributed by atoms with Crippen LogP contribution in [0.25, 0.3) is 0 Å².